The Labute approximate surface area is 162 Å². The highest BCUT2D eigenvalue weighted by atomic mass is 16.2. The van der Waals surface area contributed by atoms with E-state index in [2.05, 4.69) is 37.9 Å². The van der Waals surface area contributed by atoms with E-state index in [0.29, 0.717) is 17.1 Å². The van der Waals surface area contributed by atoms with Gasteiger partial charge in [0.2, 0.25) is 5.91 Å². The van der Waals surface area contributed by atoms with Crippen LogP contribution in [-0.4, -0.2) is 26.9 Å². The molecule has 0 spiro atoms. The summed E-state index contributed by atoms with van der Waals surface area (Å²) in [5, 5.41) is 12.9. The fourth-order valence-corrected chi connectivity index (χ4v) is 3.35. The van der Waals surface area contributed by atoms with Crippen LogP contribution in [0.5, 0.6) is 0 Å². The van der Waals surface area contributed by atoms with Crippen LogP contribution in [0.1, 0.15) is 34.1 Å². The number of benzene rings is 2. The first-order valence-electron chi connectivity index (χ1n) is 9.10. The summed E-state index contributed by atoms with van der Waals surface area (Å²) in [5.74, 6) is 0.272. The zero-order valence-corrected chi connectivity index (χ0v) is 15.5. The number of carbonyl (C=O) groups is 2. The van der Waals surface area contributed by atoms with E-state index in [4.69, 9.17) is 0 Å². The van der Waals surface area contributed by atoms with E-state index < -0.39 is 0 Å². The molecule has 4 rings (SSSR count). The van der Waals surface area contributed by atoms with Gasteiger partial charge in [0.25, 0.3) is 5.91 Å². The van der Waals surface area contributed by atoms with Crippen LogP contribution in [0.2, 0.25) is 0 Å². The lowest BCUT2D eigenvalue weighted by molar-refractivity contribution is -0.114. The van der Waals surface area contributed by atoms with Crippen molar-refractivity contribution in [2.24, 2.45) is 0 Å². The average molecular weight is 375 g/mol. The number of nitrogens with one attached hydrogen (secondary N) is 3. The molecule has 1 aliphatic heterocycles. The van der Waals surface area contributed by atoms with Gasteiger partial charge in [0.1, 0.15) is 5.82 Å². The second kappa shape index (κ2) is 7.66. The number of hydrogen-bond acceptors (Lipinski definition) is 4. The zero-order valence-electron chi connectivity index (χ0n) is 15.5. The van der Waals surface area contributed by atoms with E-state index in [1.54, 1.807) is 24.3 Å². The van der Waals surface area contributed by atoms with Crippen molar-refractivity contribution < 1.29 is 9.59 Å². The lowest BCUT2D eigenvalue weighted by Gasteiger charge is -2.15. The molecule has 0 aliphatic carbocycles. The standard InChI is InChI=1S/C21H21N5O2/c1-14(27)22-17-9-7-16(8-10-17)21(28)23-20-18-12-26(13-19(18)24-25-20)11-15-5-3-2-4-6-15/h2-10H,11-13H2,1H3,(H,22,27)(H2,23,24,25,28). The smallest absolute Gasteiger partial charge is 0.256 e. The van der Waals surface area contributed by atoms with Gasteiger partial charge in [-0.2, -0.15) is 5.10 Å². The fraction of sp³-hybridized carbons (Fsp3) is 0.190. The van der Waals surface area contributed by atoms with Gasteiger partial charge in [-0.25, -0.2) is 0 Å². The summed E-state index contributed by atoms with van der Waals surface area (Å²) < 4.78 is 0. The molecule has 3 aromatic rings. The molecule has 0 unspecified atom stereocenters. The SMILES string of the molecule is CC(=O)Nc1ccc(C(=O)Nc2[nH]nc3c2CN(Cc2ccccc2)C3)cc1. The highest BCUT2D eigenvalue weighted by molar-refractivity contribution is 6.04. The van der Waals surface area contributed by atoms with Crippen LogP contribution < -0.4 is 10.6 Å². The summed E-state index contributed by atoms with van der Waals surface area (Å²) >= 11 is 0. The largest absolute Gasteiger partial charge is 0.326 e. The van der Waals surface area contributed by atoms with Crippen molar-refractivity contribution in [1.29, 1.82) is 0 Å². The minimum absolute atomic E-state index is 0.148. The van der Waals surface area contributed by atoms with Crippen LogP contribution in [-0.2, 0) is 24.4 Å². The molecule has 0 saturated carbocycles. The van der Waals surface area contributed by atoms with Gasteiger partial charge in [0, 0.05) is 43.4 Å². The first-order chi connectivity index (χ1) is 13.6. The monoisotopic (exact) mass is 375 g/mol. The molecule has 0 saturated heterocycles. The van der Waals surface area contributed by atoms with Crippen molar-refractivity contribution in [3.63, 3.8) is 0 Å². The number of rotatable bonds is 5. The quantitative estimate of drug-likeness (QED) is 0.639. The van der Waals surface area contributed by atoms with Crippen LogP contribution in [0, 0.1) is 0 Å². The number of amides is 2. The van der Waals surface area contributed by atoms with Crippen molar-refractivity contribution in [2.75, 3.05) is 10.6 Å². The Morgan fingerprint density at radius 2 is 1.79 bits per heavy atom. The number of nitrogens with zero attached hydrogens (tertiary/aromatic N) is 2. The Hall–Kier alpha value is -3.45. The molecule has 3 N–H and O–H groups in total. The summed E-state index contributed by atoms with van der Waals surface area (Å²) in [6, 6.07) is 17.1. The van der Waals surface area contributed by atoms with Crippen LogP contribution >= 0.6 is 0 Å². The van der Waals surface area contributed by atoms with E-state index in [1.165, 1.54) is 12.5 Å². The Kier molecular flexibility index (Phi) is 4.90. The van der Waals surface area contributed by atoms with E-state index in [0.717, 1.165) is 30.9 Å². The highest BCUT2D eigenvalue weighted by Gasteiger charge is 2.26. The molecular weight excluding hydrogens is 354 g/mol. The van der Waals surface area contributed by atoms with Crippen molar-refractivity contribution >= 4 is 23.3 Å². The number of carbonyl (C=O) groups excluding carboxylic acids is 2. The Morgan fingerprint density at radius 1 is 1.04 bits per heavy atom. The van der Waals surface area contributed by atoms with Crippen molar-refractivity contribution in [2.45, 2.75) is 26.6 Å². The summed E-state index contributed by atoms with van der Waals surface area (Å²) in [7, 11) is 0. The molecule has 2 amide bonds. The van der Waals surface area contributed by atoms with Crippen molar-refractivity contribution in [3.8, 4) is 0 Å². The molecule has 142 valence electrons. The van der Waals surface area contributed by atoms with Gasteiger partial charge in [-0.1, -0.05) is 30.3 Å². The molecule has 2 heterocycles. The molecule has 0 bridgehead atoms. The third-order valence-electron chi connectivity index (χ3n) is 4.66. The molecule has 1 aromatic heterocycles. The number of hydrogen-bond donors (Lipinski definition) is 3. The van der Waals surface area contributed by atoms with Crippen LogP contribution in [0.4, 0.5) is 11.5 Å². The number of aromatic amines is 1. The van der Waals surface area contributed by atoms with Crippen LogP contribution in [0.3, 0.4) is 0 Å². The van der Waals surface area contributed by atoms with Crippen LogP contribution in [0.25, 0.3) is 0 Å². The summed E-state index contributed by atoms with van der Waals surface area (Å²) in [6.07, 6.45) is 0. The molecule has 0 radical (unpaired) electrons. The summed E-state index contributed by atoms with van der Waals surface area (Å²) in [5.41, 5.74) is 4.41. The van der Waals surface area contributed by atoms with E-state index in [-0.39, 0.29) is 11.8 Å². The third-order valence-corrected chi connectivity index (χ3v) is 4.66. The second-order valence-corrected chi connectivity index (χ2v) is 6.87. The Bertz CT molecular complexity index is 995. The van der Waals surface area contributed by atoms with E-state index >= 15 is 0 Å². The maximum absolute atomic E-state index is 12.6. The maximum Gasteiger partial charge on any atom is 0.256 e. The Morgan fingerprint density at radius 3 is 2.50 bits per heavy atom. The van der Waals surface area contributed by atoms with Gasteiger partial charge in [0.15, 0.2) is 0 Å². The zero-order chi connectivity index (χ0) is 19.5. The second-order valence-electron chi connectivity index (χ2n) is 6.87. The number of anilines is 2. The highest BCUT2D eigenvalue weighted by Crippen LogP contribution is 2.28. The van der Waals surface area contributed by atoms with Gasteiger partial charge in [0.05, 0.1) is 5.69 Å². The van der Waals surface area contributed by atoms with Gasteiger partial charge < -0.3 is 10.6 Å². The first-order valence-corrected chi connectivity index (χ1v) is 9.10. The van der Waals surface area contributed by atoms with Crippen LogP contribution in [0.15, 0.2) is 54.6 Å². The van der Waals surface area contributed by atoms with E-state index in [9.17, 15) is 9.59 Å². The first kappa shape index (κ1) is 17.9. The molecule has 0 fully saturated rings. The van der Waals surface area contributed by atoms with Crippen molar-refractivity contribution in [1.82, 2.24) is 15.1 Å². The van der Waals surface area contributed by atoms with Gasteiger partial charge >= 0.3 is 0 Å². The van der Waals surface area contributed by atoms with Gasteiger partial charge in [-0.15, -0.1) is 0 Å². The number of aromatic nitrogens is 2. The lowest BCUT2D eigenvalue weighted by Crippen LogP contribution is -2.18. The molecule has 1 aliphatic rings. The van der Waals surface area contributed by atoms with Crippen molar-refractivity contribution in [3.05, 3.63) is 77.0 Å². The molecule has 28 heavy (non-hydrogen) atoms. The minimum atomic E-state index is -0.220. The third kappa shape index (κ3) is 3.94. The topological polar surface area (TPSA) is 90.1 Å². The lowest BCUT2D eigenvalue weighted by atomic mass is 10.2. The van der Waals surface area contributed by atoms with Gasteiger partial charge in [-0.3, -0.25) is 19.6 Å². The molecule has 2 aromatic carbocycles. The summed E-state index contributed by atoms with van der Waals surface area (Å²) in [6.45, 7) is 3.77. The molecule has 0 atom stereocenters. The minimum Gasteiger partial charge on any atom is -0.326 e. The van der Waals surface area contributed by atoms with Gasteiger partial charge in [-0.05, 0) is 29.8 Å². The fourth-order valence-electron chi connectivity index (χ4n) is 3.35. The average Bonchev–Trinajstić information content (AvgIpc) is 3.24. The number of fused-ring (bicyclic) bond motifs is 1. The maximum atomic E-state index is 12.6. The number of H-pyrrole nitrogens is 1. The predicted octanol–water partition coefficient (Wildman–Crippen LogP) is 3.14. The Balaban J connectivity index is 1.41. The summed E-state index contributed by atoms with van der Waals surface area (Å²) in [4.78, 5) is 25.9. The normalized spacial score (nSPS) is 13.2. The molecular formula is C21H21N5O2. The molecule has 7 heteroatoms. The molecule has 7 nitrogen and oxygen atoms in total. The van der Waals surface area contributed by atoms with E-state index in [1.807, 2.05) is 18.2 Å². The predicted molar refractivity (Wildman–Crippen MR) is 107 cm³/mol.